The summed E-state index contributed by atoms with van der Waals surface area (Å²) in [5, 5.41) is 3.68. The van der Waals surface area contributed by atoms with Crippen LogP contribution in [0.1, 0.15) is 39.2 Å². The molecule has 1 unspecified atom stereocenters. The van der Waals surface area contributed by atoms with Crippen LogP contribution in [0.5, 0.6) is 0 Å². The number of hydrogen-bond donors (Lipinski definition) is 1. The Morgan fingerprint density at radius 1 is 1.35 bits per heavy atom. The molecule has 0 aromatic heterocycles. The first kappa shape index (κ1) is 12.4. The van der Waals surface area contributed by atoms with Crippen LogP contribution >= 0.6 is 0 Å². The van der Waals surface area contributed by atoms with E-state index in [0.717, 1.165) is 13.1 Å². The number of nitrogens with one attached hydrogen (secondary N) is 1. The van der Waals surface area contributed by atoms with Crippen molar-refractivity contribution in [3.05, 3.63) is 29.8 Å². The van der Waals surface area contributed by atoms with Gasteiger partial charge in [0.25, 0.3) is 0 Å². The molecule has 2 rings (SSSR count). The Morgan fingerprint density at radius 3 is 2.82 bits per heavy atom. The SMILES string of the molecule is CCCC1CN(C(C)C)c2ccccc2CN1. The predicted molar refractivity (Wildman–Crippen MR) is 74.5 cm³/mol. The largest absolute Gasteiger partial charge is 0.367 e. The zero-order chi connectivity index (χ0) is 12.3. The van der Waals surface area contributed by atoms with Gasteiger partial charge in [0.05, 0.1) is 0 Å². The molecule has 0 amide bonds. The Hall–Kier alpha value is -1.02. The Balaban J connectivity index is 2.26. The van der Waals surface area contributed by atoms with Gasteiger partial charge in [-0.1, -0.05) is 31.5 Å². The van der Waals surface area contributed by atoms with Crippen molar-refractivity contribution in [1.29, 1.82) is 0 Å². The molecule has 0 bridgehead atoms. The second-order valence-corrected chi connectivity index (χ2v) is 5.24. The molecule has 2 nitrogen and oxygen atoms in total. The highest BCUT2D eigenvalue weighted by atomic mass is 15.2. The highest BCUT2D eigenvalue weighted by molar-refractivity contribution is 5.55. The highest BCUT2D eigenvalue weighted by Crippen LogP contribution is 2.25. The molecule has 1 aliphatic rings. The van der Waals surface area contributed by atoms with E-state index in [1.54, 1.807) is 0 Å². The van der Waals surface area contributed by atoms with Crippen LogP contribution in [-0.2, 0) is 6.54 Å². The van der Waals surface area contributed by atoms with Gasteiger partial charge in [-0.05, 0) is 31.9 Å². The lowest BCUT2D eigenvalue weighted by Gasteiger charge is -2.31. The third-order valence-electron chi connectivity index (χ3n) is 3.56. The van der Waals surface area contributed by atoms with Crippen molar-refractivity contribution in [2.75, 3.05) is 11.4 Å². The average molecular weight is 232 g/mol. The predicted octanol–water partition coefficient (Wildman–Crippen LogP) is 3.17. The van der Waals surface area contributed by atoms with Crippen LogP contribution in [-0.4, -0.2) is 18.6 Å². The van der Waals surface area contributed by atoms with Gasteiger partial charge in [0.2, 0.25) is 0 Å². The van der Waals surface area contributed by atoms with Crippen molar-refractivity contribution >= 4 is 5.69 Å². The summed E-state index contributed by atoms with van der Waals surface area (Å²) >= 11 is 0. The minimum Gasteiger partial charge on any atom is -0.367 e. The average Bonchev–Trinajstić information content (AvgIpc) is 2.50. The van der Waals surface area contributed by atoms with Gasteiger partial charge in [-0.25, -0.2) is 0 Å². The Bertz CT molecular complexity index is 360. The summed E-state index contributed by atoms with van der Waals surface area (Å²) in [6, 6.07) is 9.97. The topological polar surface area (TPSA) is 15.3 Å². The fourth-order valence-electron chi connectivity index (χ4n) is 2.63. The molecule has 0 radical (unpaired) electrons. The van der Waals surface area contributed by atoms with E-state index in [1.807, 2.05) is 0 Å². The lowest BCUT2D eigenvalue weighted by molar-refractivity contribution is 0.470. The molecule has 2 heteroatoms. The van der Waals surface area contributed by atoms with Crippen LogP contribution < -0.4 is 10.2 Å². The third kappa shape index (κ3) is 2.81. The summed E-state index contributed by atoms with van der Waals surface area (Å²) < 4.78 is 0. The van der Waals surface area contributed by atoms with Gasteiger partial charge in [-0.3, -0.25) is 0 Å². The minimum atomic E-state index is 0.565. The van der Waals surface area contributed by atoms with Gasteiger partial charge in [0.1, 0.15) is 0 Å². The summed E-state index contributed by atoms with van der Waals surface area (Å²) in [5.41, 5.74) is 2.84. The molecule has 1 aromatic carbocycles. The normalized spacial score (nSPS) is 20.2. The number of benzene rings is 1. The van der Waals surface area contributed by atoms with Crippen molar-refractivity contribution in [2.45, 2.75) is 52.2 Å². The highest BCUT2D eigenvalue weighted by Gasteiger charge is 2.22. The van der Waals surface area contributed by atoms with Crippen molar-refractivity contribution in [2.24, 2.45) is 0 Å². The number of rotatable bonds is 3. The maximum Gasteiger partial charge on any atom is 0.0414 e. The molecular weight excluding hydrogens is 208 g/mol. The maximum atomic E-state index is 3.68. The number of anilines is 1. The van der Waals surface area contributed by atoms with Crippen LogP contribution in [0.3, 0.4) is 0 Å². The molecule has 0 saturated heterocycles. The van der Waals surface area contributed by atoms with Gasteiger partial charge in [-0.15, -0.1) is 0 Å². The van der Waals surface area contributed by atoms with Crippen molar-refractivity contribution < 1.29 is 0 Å². The van der Waals surface area contributed by atoms with E-state index >= 15 is 0 Å². The van der Waals surface area contributed by atoms with Gasteiger partial charge in [0.15, 0.2) is 0 Å². The molecule has 1 atom stereocenters. The Kier molecular flexibility index (Phi) is 4.06. The second kappa shape index (κ2) is 5.54. The van der Waals surface area contributed by atoms with Crippen molar-refractivity contribution in [3.63, 3.8) is 0 Å². The first-order valence-corrected chi connectivity index (χ1v) is 6.80. The van der Waals surface area contributed by atoms with Crippen molar-refractivity contribution in [3.8, 4) is 0 Å². The standard InChI is InChI=1S/C15H24N2/c1-4-7-14-11-17(12(2)3)15-9-6-5-8-13(15)10-16-14/h5-6,8-9,12,14,16H,4,7,10-11H2,1-3H3. The number of fused-ring (bicyclic) bond motifs is 1. The molecule has 1 heterocycles. The molecule has 0 spiro atoms. The fraction of sp³-hybridized carbons (Fsp3) is 0.600. The van der Waals surface area contributed by atoms with Gasteiger partial charge < -0.3 is 10.2 Å². The summed E-state index contributed by atoms with van der Waals surface area (Å²) in [4.78, 5) is 2.54. The summed E-state index contributed by atoms with van der Waals surface area (Å²) in [5.74, 6) is 0. The first-order chi connectivity index (χ1) is 8.22. The van der Waals surface area contributed by atoms with Crippen molar-refractivity contribution in [1.82, 2.24) is 5.32 Å². The minimum absolute atomic E-state index is 0.565. The van der Waals surface area contributed by atoms with E-state index in [-0.39, 0.29) is 0 Å². The monoisotopic (exact) mass is 232 g/mol. The molecule has 1 aliphatic heterocycles. The Morgan fingerprint density at radius 2 is 2.12 bits per heavy atom. The molecule has 0 fully saturated rings. The zero-order valence-corrected chi connectivity index (χ0v) is 11.2. The lowest BCUT2D eigenvalue weighted by Crippen LogP contribution is -2.41. The van der Waals surface area contributed by atoms with E-state index in [2.05, 4.69) is 55.3 Å². The molecule has 1 N–H and O–H groups in total. The summed E-state index contributed by atoms with van der Waals surface area (Å²) in [7, 11) is 0. The number of nitrogens with zero attached hydrogens (tertiary/aromatic N) is 1. The fourth-order valence-corrected chi connectivity index (χ4v) is 2.63. The van der Waals surface area contributed by atoms with E-state index in [4.69, 9.17) is 0 Å². The van der Waals surface area contributed by atoms with E-state index < -0.39 is 0 Å². The van der Waals surface area contributed by atoms with E-state index in [9.17, 15) is 0 Å². The molecular formula is C15H24N2. The van der Waals surface area contributed by atoms with Gasteiger partial charge in [0, 0.05) is 30.9 Å². The molecule has 17 heavy (non-hydrogen) atoms. The van der Waals surface area contributed by atoms with Crippen LogP contribution in [0, 0.1) is 0 Å². The maximum absolute atomic E-state index is 3.68. The number of para-hydroxylation sites is 1. The molecule has 0 saturated carbocycles. The van der Waals surface area contributed by atoms with E-state index in [0.29, 0.717) is 12.1 Å². The second-order valence-electron chi connectivity index (χ2n) is 5.24. The third-order valence-corrected chi connectivity index (χ3v) is 3.56. The Labute approximate surface area is 105 Å². The van der Waals surface area contributed by atoms with E-state index in [1.165, 1.54) is 24.1 Å². The first-order valence-electron chi connectivity index (χ1n) is 6.80. The van der Waals surface area contributed by atoms with Crippen LogP contribution in [0.4, 0.5) is 5.69 Å². The summed E-state index contributed by atoms with van der Waals surface area (Å²) in [6.07, 6.45) is 2.51. The van der Waals surface area contributed by atoms with Crippen LogP contribution in [0.15, 0.2) is 24.3 Å². The van der Waals surface area contributed by atoms with Crippen LogP contribution in [0.25, 0.3) is 0 Å². The number of hydrogen-bond acceptors (Lipinski definition) is 2. The lowest BCUT2D eigenvalue weighted by atomic mass is 10.1. The van der Waals surface area contributed by atoms with Gasteiger partial charge >= 0.3 is 0 Å². The molecule has 1 aromatic rings. The summed E-state index contributed by atoms with van der Waals surface area (Å²) in [6.45, 7) is 8.96. The molecule has 94 valence electrons. The smallest absolute Gasteiger partial charge is 0.0414 e. The zero-order valence-electron chi connectivity index (χ0n) is 11.2. The quantitative estimate of drug-likeness (QED) is 0.861. The molecule has 0 aliphatic carbocycles. The van der Waals surface area contributed by atoms with Gasteiger partial charge in [-0.2, -0.15) is 0 Å². The van der Waals surface area contributed by atoms with Crippen LogP contribution in [0.2, 0.25) is 0 Å².